The number of nitrogens with one attached hydrogen (secondary N) is 2. The summed E-state index contributed by atoms with van der Waals surface area (Å²) in [6.45, 7) is 4.14. The van der Waals surface area contributed by atoms with Crippen molar-refractivity contribution in [2.45, 2.75) is 13.8 Å². The molecule has 0 saturated carbocycles. The fourth-order valence-corrected chi connectivity index (χ4v) is 1.69. The predicted molar refractivity (Wildman–Crippen MR) is 61.3 cm³/mol. The van der Waals surface area contributed by atoms with E-state index >= 15 is 0 Å². The zero-order valence-corrected chi connectivity index (χ0v) is 10.4. The Kier molecular flexibility index (Phi) is 3.87. The highest BCUT2D eigenvalue weighted by atomic mass is 35.5. The van der Waals surface area contributed by atoms with Gasteiger partial charge in [-0.05, 0) is 13.8 Å². The number of rotatable bonds is 4. The van der Waals surface area contributed by atoms with E-state index in [9.17, 15) is 4.79 Å². The van der Waals surface area contributed by atoms with Crippen LogP contribution in [0.25, 0.3) is 0 Å². The van der Waals surface area contributed by atoms with Gasteiger partial charge >= 0.3 is 0 Å². The molecule has 0 unspecified atom stereocenters. The maximum atomic E-state index is 11.5. The van der Waals surface area contributed by atoms with E-state index < -0.39 is 5.41 Å². The summed E-state index contributed by atoms with van der Waals surface area (Å²) in [6, 6.07) is 0. The van der Waals surface area contributed by atoms with Gasteiger partial charge in [0, 0.05) is 13.6 Å². The summed E-state index contributed by atoms with van der Waals surface area (Å²) in [7, 11) is 1.61. The van der Waals surface area contributed by atoms with Gasteiger partial charge in [-0.2, -0.15) is 8.75 Å². The monoisotopic (exact) mass is 248 g/mol. The Hall–Kier alpha value is -0.880. The number of hydrogen-bond donors (Lipinski definition) is 2. The second-order valence-electron chi connectivity index (χ2n) is 3.72. The fraction of sp³-hybridized carbons (Fsp3) is 0.625. The first-order valence-corrected chi connectivity index (χ1v) is 5.52. The molecule has 0 saturated heterocycles. The van der Waals surface area contributed by atoms with Gasteiger partial charge in [0.05, 0.1) is 17.1 Å². The van der Waals surface area contributed by atoms with E-state index in [0.29, 0.717) is 17.5 Å². The second kappa shape index (κ2) is 4.76. The van der Waals surface area contributed by atoms with E-state index in [1.807, 2.05) is 13.8 Å². The Labute approximate surface area is 97.5 Å². The molecule has 0 bridgehead atoms. The van der Waals surface area contributed by atoms with Crippen LogP contribution in [0, 0.1) is 5.41 Å². The minimum absolute atomic E-state index is 0.0330. The van der Waals surface area contributed by atoms with Gasteiger partial charge in [-0.3, -0.25) is 4.79 Å². The topological polar surface area (TPSA) is 66.9 Å². The van der Waals surface area contributed by atoms with Crippen LogP contribution in [0.15, 0.2) is 0 Å². The van der Waals surface area contributed by atoms with Crippen LogP contribution in [0.2, 0.25) is 5.15 Å². The van der Waals surface area contributed by atoms with Crippen molar-refractivity contribution in [2.24, 2.45) is 5.41 Å². The molecule has 0 aromatic carbocycles. The Bertz CT molecular complexity index is 352. The number of carbonyl (C=O) groups excluding carboxylic acids is 1. The van der Waals surface area contributed by atoms with Crippen LogP contribution in [0.1, 0.15) is 13.8 Å². The van der Waals surface area contributed by atoms with Crippen LogP contribution in [0.3, 0.4) is 0 Å². The summed E-state index contributed by atoms with van der Waals surface area (Å²) in [5.74, 6) is 0.493. The molecule has 1 aromatic heterocycles. The average Bonchev–Trinajstić information content (AvgIpc) is 2.60. The van der Waals surface area contributed by atoms with Crippen molar-refractivity contribution in [3.05, 3.63) is 5.15 Å². The highest BCUT2D eigenvalue weighted by molar-refractivity contribution is 6.99. The summed E-state index contributed by atoms with van der Waals surface area (Å²) in [4.78, 5) is 11.5. The van der Waals surface area contributed by atoms with E-state index in [1.165, 1.54) is 0 Å². The molecule has 1 rings (SSSR count). The molecular weight excluding hydrogens is 236 g/mol. The number of nitrogens with zero attached hydrogens (tertiary/aromatic N) is 2. The highest BCUT2D eigenvalue weighted by Crippen LogP contribution is 2.21. The summed E-state index contributed by atoms with van der Waals surface area (Å²) >= 11 is 6.79. The van der Waals surface area contributed by atoms with Crippen LogP contribution in [-0.2, 0) is 4.79 Å². The van der Waals surface area contributed by atoms with E-state index in [2.05, 4.69) is 19.4 Å². The first kappa shape index (κ1) is 12.2. The quantitative estimate of drug-likeness (QED) is 0.845. The highest BCUT2D eigenvalue weighted by Gasteiger charge is 2.26. The molecule has 0 atom stereocenters. The summed E-state index contributed by atoms with van der Waals surface area (Å²) in [5, 5.41) is 5.94. The molecule has 0 fully saturated rings. The third-order valence-corrected chi connectivity index (χ3v) is 2.88. The van der Waals surface area contributed by atoms with E-state index in [0.717, 1.165) is 11.7 Å². The fourth-order valence-electron chi connectivity index (χ4n) is 1.01. The number of aromatic nitrogens is 2. The van der Waals surface area contributed by atoms with Crippen LogP contribution >= 0.6 is 23.3 Å². The molecule has 0 aliphatic carbocycles. The lowest BCUT2D eigenvalue weighted by Crippen LogP contribution is -2.39. The molecule has 7 heteroatoms. The SMILES string of the molecule is CNC(=O)C(C)(C)CNc1nsnc1Cl. The van der Waals surface area contributed by atoms with Gasteiger partial charge in [0.2, 0.25) is 5.91 Å². The number of hydrogen-bond acceptors (Lipinski definition) is 5. The van der Waals surface area contributed by atoms with Gasteiger partial charge in [-0.15, -0.1) is 0 Å². The van der Waals surface area contributed by atoms with Crippen molar-refractivity contribution in [1.29, 1.82) is 0 Å². The van der Waals surface area contributed by atoms with E-state index in [-0.39, 0.29) is 5.91 Å². The third-order valence-electron chi connectivity index (χ3n) is 1.99. The lowest BCUT2D eigenvalue weighted by molar-refractivity contribution is -0.128. The van der Waals surface area contributed by atoms with Crippen molar-refractivity contribution < 1.29 is 4.79 Å². The molecule has 0 spiro atoms. The molecule has 1 heterocycles. The minimum Gasteiger partial charge on any atom is -0.366 e. The van der Waals surface area contributed by atoms with E-state index in [1.54, 1.807) is 7.05 Å². The number of amides is 1. The molecule has 15 heavy (non-hydrogen) atoms. The van der Waals surface area contributed by atoms with Crippen LogP contribution in [0.5, 0.6) is 0 Å². The summed E-state index contributed by atoms with van der Waals surface area (Å²) in [5.41, 5.74) is -0.512. The maximum absolute atomic E-state index is 11.5. The Balaban J connectivity index is 2.57. The average molecular weight is 249 g/mol. The molecule has 1 aromatic rings. The largest absolute Gasteiger partial charge is 0.366 e. The van der Waals surface area contributed by atoms with Crippen LogP contribution in [-0.4, -0.2) is 28.2 Å². The molecule has 2 N–H and O–H groups in total. The molecule has 1 amide bonds. The van der Waals surface area contributed by atoms with Crippen molar-refractivity contribution in [3.8, 4) is 0 Å². The van der Waals surface area contributed by atoms with Crippen LogP contribution < -0.4 is 10.6 Å². The standard InChI is InChI=1S/C8H13ClN4OS/c1-8(2,7(14)10-3)4-11-6-5(9)12-15-13-6/h4H2,1-3H3,(H,10,14)(H,11,13). The first-order valence-electron chi connectivity index (χ1n) is 4.41. The van der Waals surface area contributed by atoms with Crippen molar-refractivity contribution >= 4 is 35.1 Å². The van der Waals surface area contributed by atoms with Gasteiger partial charge < -0.3 is 10.6 Å². The third kappa shape index (κ3) is 3.04. The zero-order chi connectivity index (χ0) is 11.5. The molecule has 84 valence electrons. The van der Waals surface area contributed by atoms with Crippen molar-refractivity contribution in [1.82, 2.24) is 14.1 Å². The lowest BCUT2D eigenvalue weighted by Gasteiger charge is -2.22. The molecular formula is C8H13ClN4OS. The number of anilines is 1. The smallest absolute Gasteiger partial charge is 0.227 e. The molecule has 0 radical (unpaired) electrons. The zero-order valence-electron chi connectivity index (χ0n) is 8.80. The van der Waals surface area contributed by atoms with Gasteiger partial charge in [0.25, 0.3) is 0 Å². The minimum atomic E-state index is -0.512. The summed E-state index contributed by atoms with van der Waals surface area (Å²) in [6.07, 6.45) is 0. The van der Waals surface area contributed by atoms with Gasteiger partial charge in [0.15, 0.2) is 11.0 Å². The maximum Gasteiger partial charge on any atom is 0.227 e. The van der Waals surface area contributed by atoms with Crippen molar-refractivity contribution in [3.63, 3.8) is 0 Å². The van der Waals surface area contributed by atoms with E-state index in [4.69, 9.17) is 11.6 Å². The van der Waals surface area contributed by atoms with Gasteiger partial charge in [0.1, 0.15) is 0 Å². The molecule has 0 aliphatic heterocycles. The Morgan fingerprint density at radius 1 is 1.53 bits per heavy atom. The summed E-state index contributed by atoms with van der Waals surface area (Å²) < 4.78 is 7.78. The molecule has 5 nitrogen and oxygen atoms in total. The number of carbonyl (C=O) groups is 1. The first-order chi connectivity index (χ1) is 6.97. The van der Waals surface area contributed by atoms with Crippen molar-refractivity contribution in [2.75, 3.05) is 18.9 Å². The predicted octanol–water partition coefficient (Wildman–Crippen LogP) is 1.38. The normalized spacial score (nSPS) is 11.2. The second-order valence-corrected chi connectivity index (χ2v) is 4.61. The van der Waals surface area contributed by atoms with Gasteiger partial charge in [-0.1, -0.05) is 11.6 Å². The Morgan fingerprint density at radius 2 is 2.20 bits per heavy atom. The van der Waals surface area contributed by atoms with Crippen LogP contribution in [0.4, 0.5) is 5.82 Å². The van der Waals surface area contributed by atoms with Gasteiger partial charge in [-0.25, -0.2) is 0 Å². The Morgan fingerprint density at radius 3 is 2.67 bits per heavy atom. The number of halogens is 1. The molecule has 0 aliphatic rings. The lowest BCUT2D eigenvalue weighted by atomic mass is 9.92.